The van der Waals surface area contributed by atoms with Gasteiger partial charge in [0.05, 0.1) is 12.1 Å². The first kappa shape index (κ1) is 16.5. The Hall–Kier alpha value is -0.900. The van der Waals surface area contributed by atoms with Gasteiger partial charge in [0, 0.05) is 32.3 Å². The summed E-state index contributed by atoms with van der Waals surface area (Å²) in [5, 5.41) is 3.75. The summed E-state index contributed by atoms with van der Waals surface area (Å²) < 4.78 is 5.42. The van der Waals surface area contributed by atoms with Gasteiger partial charge in [-0.3, -0.25) is 4.90 Å². The second-order valence-electron chi connectivity index (χ2n) is 6.83. The molecule has 1 saturated heterocycles. The Morgan fingerprint density at radius 3 is 2.52 bits per heavy atom. The molecular weight excluding hydrogens is 260 g/mol. The Labute approximate surface area is 129 Å². The second-order valence-corrected chi connectivity index (χ2v) is 6.83. The molecule has 0 amide bonds. The molecule has 1 aliphatic rings. The first-order valence-electron chi connectivity index (χ1n) is 8.03. The van der Waals surface area contributed by atoms with Crippen LogP contribution in [0.25, 0.3) is 0 Å². The van der Waals surface area contributed by atoms with Gasteiger partial charge in [-0.15, -0.1) is 0 Å². The van der Waals surface area contributed by atoms with Crippen LogP contribution in [-0.2, 0) is 10.3 Å². The van der Waals surface area contributed by atoms with Crippen LogP contribution >= 0.6 is 0 Å². The molecule has 3 heteroatoms. The van der Waals surface area contributed by atoms with Crippen molar-refractivity contribution < 1.29 is 4.74 Å². The van der Waals surface area contributed by atoms with Crippen molar-refractivity contribution in [3.05, 3.63) is 35.9 Å². The molecule has 3 nitrogen and oxygen atoms in total. The summed E-state index contributed by atoms with van der Waals surface area (Å²) in [6.45, 7) is 12.0. The average Bonchev–Trinajstić information content (AvgIpc) is 2.48. The molecule has 1 aromatic carbocycles. The molecule has 1 aromatic rings. The predicted octanol–water partition coefficient (Wildman–Crippen LogP) is 2.87. The van der Waals surface area contributed by atoms with Crippen LogP contribution in [0.3, 0.4) is 0 Å². The zero-order valence-electron chi connectivity index (χ0n) is 14.1. The fraction of sp³-hybridized carbons (Fsp3) is 0.667. The van der Waals surface area contributed by atoms with Gasteiger partial charge in [-0.1, -0.05) is 44.2 Å². The maximum absolute atomic E-state index is 5.42. The SMILES string of the molecule is COCC(C)N1CC(C(C)C)NCC1(C)c1ccccc1. The van der Waals surface area contributed by atoms with Gasteiger partial charge in [-0.25, -0.2) is 0 Å². The van der Waals surface area contributed by atoms with E-state index in [9.17, 15) is 0 Å². The van der Waals surface area contributed by atoms with E-state index in [1.54, 1.807) is 7.11 Å². The van der Waals surface area contributed by atoms with Gasteiger partial charge < -0.3 is 10.1 Å². The van der Waals surface area contributed by atoms with Gasteiger partial charge in [0.2, 0.25) is 0 Å². The fourth-order valence-electron chi connectivity index (χ4n) is 3.42. The van der Waals surface area contributed by atoms with E-state index in [2.05, 4.69) is 68.2 Å². The summed E-state index contributed by atoms with van der Waals surface area (Å²) >= 11 is 0. The second kappa shape index (κ2) is 6.91. The van der Waals surface area contributed by atoms with Crippen molar-refractivity contribution in [1.82, 2.24) is 10.2 Å². The number of hydrogen-bond acceptors (Lipinski definition) is 3. The minimum Gasteiger partial charge on any atom is -0.383 e. The fourth-order valence-corrected chi connectivity index (χ4v) is 3.42. The Kier molecular flexibility index (Phi) is 5.42. The molecule has 0 radical (unpaired) electrons. The summed E-state index contributed by atoms with van der Waals surface area (Å²) in [5.41, 5.74) is 1.40. The lowest BCUT2D eigenvalue weighted by Crippen LogP contribution is -2.65. The van der Waals surface area contributed by atoms with Crippen LogP contribution in [0.15, 0.2) is 30.3 Å². The predicted molar refractivity (Wildman–Crippen MR) is 88.5 cm³/mol. The van der Waals surface area contributed by atoms with E-state index in [1.807, 2.05) is 0 Å². The lowest BCUT2D eigenvalue weighted by molar-refractivity contribution is -0.0188. The zero-order chi connectivity index (χ0) is 15.5. The van der Waals surface area contributed by atoms with Crippen molar-refractivity contribution in [1.29, 1.82) is 0 Å². The number of rotatable bonds is 5. The molecule has 21 heavy (non-hydrogen) atoms. The molecule has 0 aliphatic carbocycles. The van der Waals surface area contributed by atoms with Crippen molar-refractivity contribution >= 4 is 0 Å². The monoisotopic (exact) mass is 290 g/mol. The minimum absolute atomic E-state index is 0.0184. The molecule has 3 atom stereocenters. The largest absolute Gasteiger partial charge is 0.383 e. The molecule has 0 saturated carbocycles. The van der Waals surface area contributed by atoms with Crippen molar-refractivity contribution in [2.24, 2.45) is 5.92 Å². The van der Waals surface area contributed by atoms with Crippen LogP contribution in [0, 0.1) is 5.92 Å². The Morgan fingerprint density at radius 2 is 1.95 bits per heavy atom. The van der Waals surface area contributed by atoms with Gasteiger partial charge in [0.1, 0.15) is 0 Å². The molecule has 1 aliphatic heterocycles. The molecular formula is C18H30N2O. The summed E-state index contributed by atoms with van der Waals surface area (Å²) in [4.78, 5) is 2.62. The van der Waals surface area contributed by atoms with Gasteiger partial charge in [0.25, 0.3) is 0 Å². The molecule has 2 rings (SSSR count). The van der Waals surface area contributed by atoms with Gasteiger partial charge in [-0.05, 0) is 25.3 Å². The van der Waals surface area contributed by atoms with Gasteiger partial charge in [-0.2, -0.15) is 0 Å². The first-order chi connectivity index (χ1) is 9.99. The van der Waals surface area contributed by atoms with Crippen molar-refractivity contribution in [2.75, 3.05) is 26.8 Å². The van der Waals surface area contributed by atoms with Crippen molar-refractivity contribution in [3.8, 4) is 0 Å². The summed E-state index contributed by atoms with van der Waals surface area (Å²) in [6.07, 6.45) is 0. The summed E-state index contributed by atoms with van der Waals surface area (Å²) in [7, 11) is 1.79. The number of hydrogen-bond donors (Lipinski definition) is 1. The summed E-state index contributed by atoms with van der Waals surface area (Å²) in [5.74, 6) is 0.641. The maximum atomic E-state index is 5.42. The lowest BCUT2D eigenvalue weighted by Gasteiger charge is -2.52. The highest BCUT2D eigenvalue weighted by Crippen LogP contribution is 2.33. The molecule has 0 aromatic heterocycles. The molecule has 1 heterocycles. The Bertz CT molecular complexity index is 434. The number of ether oxygens (including phenoxy) is 1. The van der Waals surface area contributed by atoms with E-state index < -0.39 is 0 Å². The standard InChI is InChI=1S/C18H30N2O/c1-14(2)17-11-20(15(3)12-21-5)18(4,13-19-17)16-9-7-6-8-10-16/h6-10,14-15,17,19H,11-13H2,1-5H3. The van der Waals surface area contributed by atoms with E-state index in [0.29, 0.717) is 18.0 Å². The highest BCUT2D eigenvalue weighted by molar-refractivity contribution is 5.26. The molecule has 0 bridgehead atoms. The van der Waals surface area contributed by atoms with Crippen LogP contribution in [0.5, 0.6) is 0 Å². The van der Waals surface area contributed by atoms with Gasteiger partial charge in [0.15, 0.2) is 0 Å². The highest BCUT2D eigenvalue weighted by atomic mass is 16.5. The number of nitrogens with one attached hydrogen (secondary N) is 1. The molecule has 0 spiro atoms. The third-order valence-electron chi connectivity index (χ3n) is 4.88. The minimum atomic E-state index is 0.0184. The quantitative estimate of drug-likeness (QED) is 0.902. The van der Waals surface area contributed by atoms with E-state index >= 15 is 0 Å². The average molecular weight is 290 g/mol. The number of piperazine rings is 1. The van der Waals surface area contributed by atoms with Crippen LogP contribution in [-0.4, -0.2) is 43.8 Å². The topological polar surface area (TPSA) is 24.5 Å². The van der Waals surface area contributed by atoms with E-state index in [1.165, 1.54) is 5.56 Å². The van der Waals surface area contributed by atoms with Gasteiger partial charge >= 0.3 is 0 Å². The number of nitrogens with zero attached hydrogens (tertiary/aromatic N) is 1. The lowest BCUT2D eigenvalue weighted by atomic mass is 9.84. The van der Waals surface area contributed by atoms with Crippen LogP contribution < -0.4 is 5.32 Å². The normalized spacial score (nSPS) is 28.8. The highest BCUT2D eigenvalue weighted by Gasteiger charge is 2.41. The van der Waals surface area contributed by atoms with Crippen molar-refractivity contribution in [2.45, 2.75) is 45.3 Å². The number of methoxy groups -OCH3 is 1. The van der Waals surface area contributed by atoms with E-state index in [4.69, 9.17) is 4.74 Å². The first-order valence-corrected chi connectivity index (χ1v) is 8.03. The zero-order valence-corrected chi connectivity index (χ0v) is 14.1. The van der Waals surface area contributed by atoms with E-state index in [-0.39, 0.29) is 5.54 Å². The smallest absolute Gasteiger partial charge is 0.0615 e. The number of benzene rings is 1. The summed E-state index contributed by atoms with van der Waals surface area (Å²) in [6, 6.07) is 11.8. The molecule has 1 fully saturated rings. The van der Waals surface area contributed by atoms with Crippen LogP contribution in [0.4, 0.5) is 0 Å². The Balaban J connectivity index is 2.29. The van der Waals surface area contributed by atoms with E-state index in [0.717, 1.165) is 19.7 Å². The van der Waals surface area contributed by atoms with Crippen LogP contribution in [0.1, 0.15) is 33.3 Å². The third-order valence-corrected chi connectivity index (χ3v) is 4.88. The Morgan fingerprint density at radius 1 is 1.29 bits per heavy atom. The third kappa shape index (κ3) is 3.47. The molecule has 1 N–H and O–H groups in total. The van der Waals surface area contributed by atoms with Crippen LogP contribution in [0.2, 0.25) is 0 Å². The molecule has 3 unspecified atom stereocenters. The maximum Gasteiger partial charge on any atom is 0.0615 e. The molecule has 118 valence electrons. The van der Waals surface area contributed by atoms with Crippen molar-refractivity contribution in [3.63, 3.8) is 0 Å².